The number of nitrogens with two attached hydrogens (primary N) is 1. The van der Waals surface area contributed by atoms with Crippen LogP contribution in [0.5, 0.6) is 5.75 Å². The van der Waals surface area contributed by atoms with Gasteiger partial charge in [-0.15, -0.1) is 0 Å². The molecule has 0 saturated heterocycles. The third kappa shape index (κ3) is 3.77. The summed E-state index contributed by atoms with van der Waals surface area (Å²) in [5.41, 5.74) is 10.0. The lowest BCUT2D eigenvalue weighted by molar-refractivity contribution is 0.300. The molecule has 34 heavy (non-hydrogen) atoms. The number of ether oxygens (including phenoxy) is 1. The van der Waals surface area contributed by atoms with Crippen molar-refractivity contribution in [2.45, 2.75) is 45.6 Å². The van der Waals surface area contributed by atoms with E-state index in [0.29, 0.717) is 12.2 Å². The van der Waals surface area contributed by atoms with Crippen LogP contribution in [0.25, 0.3) is 0 Å². The first-order valence-corrected chi connectivity index (χ1v) is 12.1. The third-order valence-electron chi connectivity index (χ3n) is 7.08. The number of nitriles is 3. The highest BCUT2D eigenvalue weighted by Gasteiger charge is 2.54. The Kier molecular flexibility index (Phi) is 6.52. The summed E-state index contributed by atoms with van der Waals surface area (Å²) in [5, 5.41) is 30.4. The van der Waals surface area contributed by atoms with Crippen LogP contribution in [-0.4, -0.2) is 0 Å². The van der Waals surface area contributed by atoms with Gasteiger partial charge in [0.05, 0.1) is 27.9 Å². The molecule has 0 fully saturated rings. The third-order valence-corrected chi connectivity index (χ3v) is 7.73. The van der Waals surface area contributed by atoms with Crippen molar-refractivity contribution in [2.24, 2.45) is 17.1 Å². The molecule has 6 heteroatoms. The van der Waals surface area contributed by atoms with E-state index in [-0.39, 0.29) is 11.6 Å². The normalized spacial score (nSPS) is 20.9. The Labute approximate surface area is 208 Å². The van der Waals surface area contributed by atoms with Crippen LogP contribution in [-0.2, 0) is 6.61 Å². The van der Waals surface area contributed by atoms with Crippen molar-refractivity contribution in [3.8, 4) is 24.0 Å². The zero-order chi connectivity index (χ0) is 24.5. The van der Waals surface area contributed by atoms with Crippen molar-refractivity contribution in [3.63, 3.8) is 0 Å². The second kappa shape index (κ2) is 9.38. The van der Waals surface area contributed by atoms with E-state index >= 15 is 0 Å². The lowest BCUT2D eigenvalue weighted by Gasteiger charge is -2.44. The van der Waals surface area contributed by atoms with Gasteiger partial charge in [0.2, 0.25) is 0 Å². The number of allylic oxidation sites excluding steroid dienone is 4. The van der Waals surface area contributed by atoms with E-state index < -0.39 is 11.3 Å². The highest BCUT2D eigenvalue weighted by atomic mass is 79.9. The average molecular weight is 513 g/mol. The Bertz CT molecular complexity index is 1320. The number of fused-ring (bicyclic) bond motifs is 1. The van der Waals surface area contributed by atoms with Crippen LogP contribution in [0.15, 0.2) is 63.8 Å². The van der Waals surface area contributed by atoms with Crippen LogP contribution in [0.2, 0.25) is 0 Å². The first-order chi connectivity index (χ1) is 16.4. The molecular weight excluding hydrogens is 488 g/mol. The SMILES string of the molecule is Cc1cc(C)c([C@@H]2[C@@H]3CCCC=C3C(C#N)=C(N)C2(C#N)C#N)cc1COc1ccccc1Br. The molecule has 2 atom stereocenters. The minimum Gasteiger partial charge on any atom is -0.488 e. The molecule has 2 aliphatic rings. The maximum Gasteiger partial charge on any atom is 0.191 e. The molecule has 4 rings (SSSR count). The van der Waals surface area contributed by atoms with Crippen molar-refractivity contribution < 1.29 is 4.74 Å². The molecule has 2 N–H and O–H groups in total. The second-order valence-corrected chi connectivity index (χ2v) is 9.82. The molecule has 2 aromatic carbocycles. The maximum atomic E-state index is 10.3. The summed E-state index contributed by atoms with van der Waals surface area (Å²) in [5.74, 6) is 0.163. The van der Waals surface area contributed by atoms with E-state index in [9.17, 15) is 15.8 Å². The monoisotopic (exact) mass is 512 g/mol. The molecule has 0 aromatic heterocycles. The van der Waals surface area contributed by atoms with Gasteiger partial charge in [0, 0.05) is 5.92 Å². The lowest BCUT2D eigenvalue weighted by Crippen LogP contribution is -2.43. The molecule has 170 valence electrons. The van der Waals surface area contributed by atoms with Gasteiger partial charge in [-0.05, 0) is 94.9 Å². The molecule has 0 amide bonds. The summed E-state index contributed by atoms with van der Waals surface area (Å²) >= 11 is 3.52. The quantitative estimate of drug-likeness (QED) is 0.521. The minimum absolute atomic E-state index is 0.0698. The van der Waals surface area contributed by atoms with Crippen molar-refractivity contribution in [3.05, 3.63) is 86.0 Å². The molecule has 0 unspecified atom stereocenters. The van der Waals surface area contributed by atoms with Crippen LogP contribution in [0.4, 0.5) is 0 Å². The van der Waals surface area contributed by atoms with E-state index in [1.807, 2.05) is 38.1 Å². The molecule has 2 aliphatic carbocycles. The van der Waals surface area contributed by atoms with E-state index in [2.05, 4.69) is 52.3 Å². The van der Waals surface area contributed by atoms with Gasteiger partial charge in [0.25, 0.3) is 0 Å². The van der Waals surface area contributed by atoms with Crippen LogP contribution in [0, 0.1) is 59.2 Å². The topological polar surface area (TPSA) is 107 Å². The smallest absolute Gasteiger partial charge is 0.191 e. The fourth-order valence-electron chi connectivity index (χ4n) is 5.34. The molecule has 5 nitrogen and oxygen atoms in total. The number of para-hydroxylation sites is 1. The minimum atomic E-state index is -1.61. The summed E-state index contributed by atoms with van der Waals surface area (Å²) in [6.45, 7) is 4.39. The predicted molar refractivity (Wildman–Crippen MR) is 133 cm³/mol. The Hall–Kier alpha value is -3.53. The zero-order valence-corrected chi connectivity index (χ0v) is 20.8. The van der Waals surface area contributed by atoms with Crippen LogP contribution in [0.3, 0.4) is 0 Å². The Morgan fingerprint density at radius 1 is 1.12 bits per heavy atom. The van der Waals surface area contributed by atoms with Crippen molar-refractivity contribution in [2.75, 3.05) is 0 Å². The highest BCUT2D eigenvalue weighted by molar-refractivity contribution is 9.10. The van der Waals surface area contributed by atoms with Gasteiger partial charge in [0.1, 0.15) is 18.4 Å². The van der Waals surface area contributed by atoms with Crippen molar-refractivity contribution in [1.29, 1.82) is 15.8 Å². The van der Waals surface area contributed by atoms with Gasteiger partial charge in [0.15, 0.2) is 5.41 Å². The molecule has 2 aromatic rings. The summed E-state index contributed by atoms with van der Waals surface area (Å²) < 4.78 is 6.96. The second-order valence-electron chi connectivity index (χ2n) is 8.96. The van der Waals surface area contributed by atoms with E-state index in [1.54, 1.807) is 0 Å². The largest absolute Gasteiger partial charge is 0.488 e. The van der Waals surface area contributed by atoms with Gasteiger partial charge in [-0.25, -0.2) is 0 Å². The van der Waals surface area contributed by atoms with Crippen LogP contribution >= 0.6 is 15.9 Å². The number of hydrogen-bond donors (Lipinski definition) is 1. The average Bonchev–Trinajstić information content (AvgIpc) is 2.84. The van der Waals surface area contributed by atoms with Crippen molar-refractivity contribution >= 4 is 15.9 Å². The van der Waals surface area contributed by atoms with Gasteiger partial charge in [-0.2, -0.15) is 15.8 Å². The lowest BCUT2D eigenvalue weighted by atomic mass is 9.56. The number of nitrogens with zero attached hydrogens (tertiary/aromatic N) is 3. The van der Waals surface area contributed by atoms with Crippen LogP contribution in [0.1, 0.15) is 47.4 Å². The summed E-state index contributed by atoms with van der Waals surface area (Å²) in [4.78, 5) is 0. The molecular formula is C28H25BrN4O. The number of aryl methyl sites for hydroxylation is 2. The maximum absolute atomic E-state index is 10.3. The van der Waals surface area contributed by atoms with Gasteiger partial charge in [-0.3, -0.25) is 0 Å². The van der Waals surface area contributed by atoms with E-state index in [1.165, 1.54) is 0 Å². The van der Waals surface area contributed by atoms with Crippen LogP contribution < -0.4 is 10.5 Å². The summed E-state index contributed by atoms with van der Waals surface area (Å²) in [6.07, 6.45) is 4.67. The summed E-state index contributed by atoms with van der Waals surface area (Å²) in [7, 11) is 0. The standard InChI is InChI=1S/C28H25BrN4O/c1-17-11-18(2)22(12-19(17)14-34-25-10-6-5-9-24(25)29)26-21-8-4-3-7-20(21)23(13-30)27(33)28(26,15-31)16-32/h5-7,9-12,21,26H,3-4,8,14,33H2,1-2H3/t21-,26+/m1/s1. The van der Waals surface area contributed by atoms with Gasteiger partial charge in [-0.1, -0.05) is 30.3 Å². The fraction of sp³-hybridized carbons (Fsp3) is 0.321. The molecule has 0 bridgehead atoms. The first kappa shape index (κ1) is 23.6. The molecule has 0 saturated carbocycles. The molecule has 0 heterocycles. The van der Waals surface area contributed by atoms with E-state index in [4.69, 9.17) is 10.5 Å². The fourth-order valence-corrected chi connectivity index (χ4v) is 5.74. The number of hydrogen-bond acceptors (Lipinski definition) is 5. The van der Waals surface area contributed by atoms with Gasteiger partial charge < -0.3 is 10.5 Å². The Balaban J connectivity index is 1.85. The zero-order valence-electron chi connectivity index (χ0n) is 19.2. The van der Waals surface area contributed by atoms with Crippen molar-refractivity contribution in [1.82, 2.24) is 0 Å². The molecule has 0 spiro atoms. The first-order valence-electron chi connectivity index (χ1n) is 11.3. The number of halogens is 1. The highest BCUT2D eigenvalue weighted by Crippen LogP contribution is 2.56. The Morgan fingerprint density at radius 2 is 1.85 bits per heavy atom. The van der Waals surface area contributed by atoms with Gasteiger partial charge >= 0.3 is 0 Å². The molecule has 0 radical (unpaired) electrons. The number of rotatable bonds is 4. The molecule has 0 aliphatic heterocycles. The van der Waals surface area contributed by atoms with E-state index in [0.717, 1.165) is 57.3 Å². The number of benzene rings is 2. The predicted octanol–water partition coefficient (Wildman–Crippen LogP) is 6.24. The Morgan fingerprint density at radius 3 is 2.53 bits per heavy atom. The summed E-state index contributed by atoms with van der Waals surface area (Å²) in [6, 6.07) is 18.5.